The topological polar surface area (TPSA) is 68.5 Å². The van der Waals surface area contributed by atoms with Crippen LogP contribution in [0.4, 0.5) is 8.78 Å². The van der Waals surface area contributed by atoms with Crippen molar-refractivity contribution in [2.45, 2.75) is 38.3 Å². The number of aryl methyl sites for hydroxylation is 1. The van der Waals surface area contributed by atoms with Gasteiger partial charge < -0.3 is 14.4 Å². The van der Waals surface area contributed by atoms with Gasteiger partial charge >= 0.3 is 12.6 Å². The number of nitrogens with zero attached hydrogens (tertiary/aromatic N) is 1. The zero-order chi connectivity index (χ0) is 17.4. The summed E-state index contributed by atoms with van der Waals surface area (Å²) in [5.74, 6) is -1.07. The van der Waals surface area contributed by atoms with Gasteiger partial charge in [0.05, 0.1) is 9.99 Å². The molecule has 1 heterocycles. The van der Waals surface area contributed by atoms with Gasteiger partial charge in [0, 0.05) is 29.6 Å². The molecule has 0 radical (unpaired) electrons. The molecule has 0 bridgehead atoms. The lowest BCUT2D eigenvalue weighted by Crippen LogP contribution is -2.17. The summed E-state index contributed by atoms with van der Waals surface area (Å²) in [6.07, 6.45) is 3.25. The van der Waals surface area contributed by atoms with Gasteiger partial charge in [-0.3, -0.25) is 9.59 Å². The molecule has 128 valence electrons. The second kappa shape index (κ2) is 6.51. The Bertz CT molecular complexity index is 861. The SMILES string of the molecule is O=C(O)CCc1cn(C2CC2)c2c(OC(F)F)c(Br)ccc2c1=O. The van der Waals surface area contributed by atoms with E-state index in [1.807, 2.05) is 0 Å². The molecule has 3 rings (SSSR count). The van der Waals surface area contributed by atoms with Crippen LogP contribution >= 0.6 is 15.9 Å². The quantitative estimate of drug-likeness (QED) is 0.800. The number of ether oxygens (including phenoxy) is 1. The van der Waals surface area contributed by atoms with E-state index in [9.17, 15) is 18.4 Å². The molecule has 0 amide bonds. The maximum absolute atomic E-state index is 12.8. The summed E-state index contributed by atoms with van der Waals surface area (Å²) in [4.78, 5) is 23.4. The van der Waals surface area contributed by atoms with Crippen molar-refractivity contribution in [3.05, 3.63) is 38.6 Å². The Kier molecular flexibility index (Phi) is 4.58. The average molecular weight is 402 g/mol. The summed E-state index contributed by atoms with van der Waals surface area (Å²) < 4.78 is 32.3. The summed E-state index contributed by atoms with van der Waals surface area (Å²) >= 11 is 3.19. The van der Waals surface area contributed by atoms with Crippen molar-refractivity contribution in [1.82, 2.24) is 4.57 Å². The average Bonchev–Trinajstić information content (AvgIpc) is 3.33. The van der Waals surface area contributed by atoms with Crippen LogP contribution in [0, 0.1) is 0 Å². The maximum Gasteiger partial charge on any atom is 0.387 e. The molecule has 1 aromatic carbocycles. The number of pyridine rings is 1. The van der Waals surface area contributed by atoms with E-state index in [1.165, 1.54) is 6.07 Å². The third-order valence-electron chi connectivity index (χ3n) is 3.93. The monoisotopic (exact) mass is 401 g/mol. The van der Waals surface area contributed by atoms with Crippen LogP contribution in [0.5, 0.6) is 5.75 Å². The van der Waals surface area contributed by atoms with Crippen molar-refractivity contribution in [2.24, 2.45) is 0 Å². The van der Waals surface area contributed by atoms with Crippen molar-refractivity contribution < 1.29 is 23.4 Å². The Balaban J connectivity index is 2.23. The number of carboxylic acid groups (broad SMARTS) is 1. The highest BCUT2D eigenvalue weighted by molar-refractivity contribution is 9.10. The smallest absolute Gasteiger partial charge is 0.387 e. The van der Waals surface area contributed by atoms with Crippen LogP contribution in [0.25, 0.3) is 10.9 Å². The largest absolute Gasteiger partial charge is 0.481 e. The first-order valence-corrected chi connectivity index (χ1v) is 8.20. The first kappa shape index (κ1) is 16.9. The number of carbonyl (C=O) groups is 1. The van der Waals surface area contributed by atoms with E-state index in [0.717, 1.165) is 12.8 Å². The van der Waals surface area contributed by atoms with Crippen molar-refractivity contribution >= 4 is 32.8 Å². The number of fused-ring (bicyclic) bond motifs is 1. The van der Waals surface area contributed by atoms with Gasteiger partial charge in [-0.15, -0.1) is 0 Å². The third-order valence-corrected chi connectivity index (χ3v) is 4.55. The number of aromatic nitrogens is 1. The fraction of sp³-hybridized carbons (Fsp3) is 0.375. The van der Waals surface area contributed by atoms with Crippen LogP contribution in [0.2, 0.25) is 0 Å². The number of hydrogen-bond donors (Lipinski definition) is 1. The summed E-state index contributed by atoms with van der Waals surface area (Å²) in [6.45, 7) is -3.01. The van der Waals surface area contributed by atoms with Crippen LogP contribution in [0.15, 0.2) is 27.6 Å². The summed E-state index contributed by atoms with van der Waals surface area (Å²) in [5, 5.41) is 9.08. The summed E-state index contributed by atoms with van der Waals surface area (Å²) in [5.41, 5.74) is 0.327. The molecule has 1 saturated carbocycles. The number of benzene rings is 1. The second-order valence-electron chi connectivity index (χ2n) is 5.67. The van der Waals surface area contributed by atoms with Gasteiger partial charge in [0.2, 0.25) is 0 Å². The van der Waals surface area contributed by atoms with E-state index in [0.29, 0.717) is 15.6 Å². The standard InChI is InChI=1S/C16H14BrF2NO4/c17-11-5-4-10-13(15(11)24-16(18)19)20(9-2-3-9)7-8(14(10)23)1-6-12(21)22/h4-5,7,9,16H,1-3,6H2,(H,21,22). The molecule has 0 atom stereocenters. The van der Waals surface area contributed by atoms with Crippen molar-refractivity contribution in [1.29, 1.82) is 0 Å². The van der Waals surface area contributed by atoms with E-state index >= 15 is 0 Å². The summed E-state index contributed by atoms with van der Waals surface area (Å²) in [7, 11) is 0. The van der Waals surface area contributed by atoms with Gasteiger partial charge in [0.1, 0.15) is 0 Å². The Morgan fingerprint density at radius 2 is 2.12 bits per heavy atom. The molecule has 0 aliphatic heterocycles. The minimum absolute atomic E-state index is 0.0729. The molecule has 5 nitrogen and oxygen atoms in total. The molecular weight excluding hydrogens is 388 g/mol. The first-order valence-electron chi connectivity index (χ1n) is 7.41. The van der Waals surface area contributed by atoms with E-state index in [2.05, 4.69) is 20.7 Å². The number of halogens is 3. The van der Waals surface area contributed by atoms with Crippen molar-refractivity contribution in [3.63, 3.8) is 0 Å². The lowest BCUT2D eigenvalue weighted by Gasteiger charge is -2.17. The highest BCUT2D eigenvalue weighted by Gasteiger charge is 2.28. The van der Waals surface area contributed by atoms with Crippen molar-refractivity contribution in [2.75, 3.05) is 0 Å². The molecule has 2 aromatic rings. The van der Waals surface area contributed by atoms with Gasteiger partial charge in [0.25, 0.3) is 0 Å². The number of aliphatic carboxylic acids is 1. The zero-order valence-corrected chi connectivity index (χ0v) is 14.1. The van der Waals surface area contributed by atoms with Gasteiger partial charge in [-0.1, -0.05) is 0 Å². The number of hydrogen-bond acceptors (Lipinski definition) is 3. The van der Waals surface area contributed by atoms with Crippen molar-refractivity contribution in [3.8, 4) is 5.75 Å². The minimum Gasteiger partial charge on any atom is -0.481 e. The molecule has 24 heavy (non-hydrogen) atoms. The van der Waals surface area contributed by atoms with E-state index < -0.39 is 12.6 Å². The predicted octanol–water partition coefficient (Wildman–Crippen LogP) is 3.72. The van der Waals surface area contributed by atoms with E-state index in [4.69, 9.17) is 5.11 Å². The molecule has 1 N–H and O–H groups in total. The van der Waals surface area contributed by atoms with Gasteiger partial charge in [-0.25, -0.2) is 0 Å². The fourth-order valence-corrected chi connectivity index (χ4v) is 3.13. The third kappa shape index (κ3) is 3.28. The van der Waals surface area contributed by atoms with E-state index in [-0.39, 0.29) is 35.4 Å². The Labute approximate surface area is 144 Å². The van der Waals surface area contributed by atoms with E-state index in [1.54, 1.807) is 16.8 Å². The Morgan fingerprint density at radius 1 is 1.42 bits per heavy atom. The van der Waals surface area contributed by atoms with Crippen LogP contribution in [0.3, 0.4) is 0 Å². The zero-order valence-electron chi connectivity index (χ0n) is 12.5. The van der Waals surface area contributed by atoms with Crippen LogP contribution in [0.1, 0.15) is 30.9 Å². The molecule has 0 spiro atoms. The molecule has 1 aliphatic rings. The Hall–Kier alpha value is -1.96. The lowest BCUT2D eigenvalue weighted by atomic mass is 10.1. The van der Waals surface area contributed by atoms with Crippen LogP contribution in [-0.4, -0.2) is 22.3 Å². The fourth-order valence-electron chi connectivity index (χ4n) is 2.71. The molecule has 0 saturated heterocycles. The molecule has 0 unspecified atom stereocenters. The highest BCUT2D eigenvalue weighted by atomic mass is 79.9. The maximum atomic E-state index is 12.8. The highest BCUT2D eigenvalue weighted by Crippen LogP contribution is 2.41. The molecule has 1 aromatic heterocycles. The Morgan fingerprint density at radius 3 is 2.71 bits per heavy atom. The molecule has 8 heteroatoms. The number of alkyl halides is 2. The first-order chi connectivity index (χ1) is 11.4. The summed E-state index contributed by atoms with van der Waals surface area (Å²) in [6, 6.07) is 3.13. The number of carboxylic acids is 1. The lowest BCUT2D eigenvalue weighted by molar-refractivity contribution is -0.136. The van der Waals surface area contributed by atoms with Gasteiger partial charge in [0.15, 0.2) is 11.2 Å². The normalized spacial score (nSPS) is 14.3. The molecule has 1 aliphatic carbocycles. The van der Waals surface area contributed by atoms with Crippen LogP contribution < -0.4 is 10.2 Å². The minimum atomic E-state index is -3.01. The second-order valence-corrected chi connectivity index (χ2v) is 6.52. The molecule has 1 fully saturated rings. The van der Waals surface area contributed by atoms with Gasteiger partial charge in [-0.2, -0.15) is 8.78 Å². The number of rotatable bonds is 6. The molecular formula is C16H14BrF2NO4. The van der Waals surface area contributed by atoms with Crippen LogP contribution in [-0.2, 0) is 11.2 Å². The predicted molar refractivity (Wildman–Crippen MR) is 86.8 cm³/mol. The van der Waals surface area contributed by atoms with Gasteiger partial charge in [-0.05, 0) is 47.3 Å².